The van der Waals surface area contributed by atoms with Crippen LogP contribution in [-0.2, 0) is 11.2 Å². The summed E-state index contributed by atoms with van der Waals surface area (Å²) >= 11 is 0. The van der Waals surface area contributed by atoms with Crippen molar-refractivity contribution in [1.82, 2.24) is 20.4 Å². The minimum atomic E-state index is 0. The van der Waals surface area contributed by atoms with E-state index in [1.54, 1.807) is 14.2 Å². The second kappa shape index (κ2) is 11.0. The average molecular weight is 429 g/mol. The number of methoxy groups -OCH3 is 1. The normalized spacial score (nSPS) is 11.0. The molecule has 0 bridgehead atoms. The fourth-order valence-corrected chi connectivity index (χ4v) is 2.03. The molecule has 0 spiro atoms. The summed E-state index contributed by atoms with van der Waals surface area (Å²) in [5, 5.41) is 10.8. The lowest BCUT2D eigenvalue weighted by Gasteiger charge is -2.10. The van der Waals surface area contributed by atoms with Crippen LogP contribution in [0.1, 0.15) is 5.56 Å². The molecule has 0 aliphatic heterocycles. The third-order valence-corrected chi connectivity index (χ3v) is 3.19. The lowest BCUT2D eigenvalue weighted by Crippen LogP contribution is -2.39. The van der Waals surface area contributed by atoms with Crippen LogP contribution in [-0.4, -0.2) is 49.6 Å². The standard InChI is InChI=1S/C16H23N5O.HI/c1-17-16(19-10-11-22-2)18-9-8-14-12-20-21(13-14)15-6-4-3-5-7-15;/h3-7,12-13H,8-11H2,1-2H3,(H2,17,18,19);1H. The maximum absolute atomic E-state index is 5.00. The van der Waals surface area contributed by atoms with Gasteiger partial charge in [0.1, 0.15) is 0 Å². The molecular weight excluding hydrogens is 405 g/mol. The Morgan fingerprint density at radius 2 is 1.96 bits per heavy atom. The van der Waals surface area contributed by atoms with Crippen molar-refractivity contribution in [1.29, 1.82) is 0 Å². The number of nitrogens with one attached hydrogen (secondary N) is 2. The molecular formula is C16H24IN5O. The summed E-state index contributed by atoms with van der Waals surface area (Å²) in [6, 6.07) is 10.1. The van der Waals surface area contributed by atoms with Gasteiger partial charge in [-0.2, -0.15) is 5.10 Å². The first-order valence-electron chi connectivity index (χ1n) is 7.36. The van der Waals surface area contributed by atoms with E-state index in [0.29, 0.717) is 6.61 Å². The lowest BCUT2D eigenvalue weighted by molar-refractivity contribution is 0.203. The molecule has 0 aliphatic carbocycles. The van der Waals surface area contributed by atoms with Crippen LogP contribution in [0, 0.1) is 0 Å². The second-order valence-electron chi connectivity index (χ2n) is 4.80. The van der Waals surface area contributed by atoms with Crippen LogP contribution >= 0.6 is 24.0 Å². The molecule has 1 aromatic heterocycles. The number of benzene rings is 1. The number of hydrogen-bond acceptors (Lipinski definition) is 3. The van der Waals surface area contributed by atoms with E-state index in [1.807, 2.05) is 41.2 Å². The molecule has 126 valence electrons. The molecule has 23 heavy (non-hydrogen) atoms. The van der Waals surface area contributed by atoms with Crippen LogP contribution in [0.25, 0.3) is 5.69 Å². The number of hydrogen-bond donors (Lipinski definition) is 2. The van der Waals surface area contributed by atoms with Crippen LogP contribution in [0.4, 0.5) is 0 Å². The quantitative estimate of drug-likeness (QED) is 0.305. The van der Waals surface area contributed by atoms with Crippen LogP contribution in [0.15, 0.2) is 47.7 Å². The molecule has 1 aromatic carbocycles. The molecule has 7 heteroatoms. The highest BCUT2D eigenvalue weighted by molar-refractivity contribution is 14.0. The van der Waals surface area contributed by atoms with E-state index >= 15 is 0 Å². The maximum Gasteiger partial charge on any atom is 0.191 e. The Hall–Kier alpha value is -1.61. The first-order chi connectivity index (χ1) is 10.8. The highest BCUT2D eigenvalue weighted by atomic mass is 127. The summed E-state index contributed by atoms with van der Waals surface area (Å²) < 4.78 is 6.89. The largest absolute Gasteiger partial charge is 0.383 e. The zero-order chi connectivity index (χ0) is 15.6. The van der Waals surface area contributed by atoms with Crippen LogP contribution in [0.3, 0.4) is 0 Å². The molecule has 0 saturated carbocycles. The van der Waals surface area contributed by atoms with Crippen molar-refractivity contribution in [3.05, 3.63) is 48.3 Å². The van der Waals surface area contributed by atoms with Crippen molar-refractivity contribution in [2.24, 2.45) is 4.99 Å². The first-order valence-corrected chi connectivity index (χ1v) is 7.36. The number of rotatable bonds is 7. The van der Waals surface area contributed by atoms with Crippen LogP contribution in [0.2, 0.25) is 0 Å². The van der Waals surface area contributed by atoms with Crippen molar-refractivity contribution in [3.8, 4) is 5.69 Å². The van der Waals surface area contributed by atoms with Gasteiger partial charge in [-0.1, -0.05) is 18.2 Å². The van der Waals surface area contributed by atoms with Gasteiger partial charge in [0.15, 0.2) is 5.96 Å². The topological polar surface area (TPSA) is 63.5 Å². The van der Waals surface area contributed by atoms with E-state index in [9.17, 15) is 0 Å². The monoisotopic (exact) mass is 429 g/mol. The van der Waals surface area contributed by atoms with Gasteiger partial charge >= 0.3 is 0 Å². The average Bonchev–Trinajstić information content (AvgIpc) is 3.03. The molecule has 2 rings (SSSR count). The molecule has 0 amide bonds. The SMILES string of the molecule is CN=C(NCCOC)NCCc1cnn(-c2ccccc2)c1.I. The number of guanidine groups is 1. The predicted molar refractivity (Wildman–Crippen MR) is 104 cm³/mol. The number of halogens is 1. The Balaban J connectivity index is 0.00000264. The highest BCUT2D eigenvalue weighted by Gasteiger charge is 2.01. The number of aromatic nitrogens is 2. The molecule has 2 aromatic rings. The van der Waals surface area contributed by atoms with Crippen molar-refractivity contribution >= 4 is 29.9 Å². The van der Waals surface area contributed by atoms with E-state index in [1.165, 1.54) is 5.56 Å². The van der Waals surface area contributed by atoms with Gasteiger partial charge in [0.2, 0.25) is 0 Å². The molecule has 0 aliphatic rings. The van der Waals surface area contributed by atoms with Gasteiger partial charge in [0.25, 0.3) is 0 Å². The van der Waals surface area contributed by atoms with Gasteiger partial charge in [-0.25, -0.2) is 4.68 Å². The Morgan fingerprint density at radius 3 is 2.65 bits per heavy atom. The summed E-state index contributed by atoms with van der Waals surface area (Å²) in [6.07, 6.45) is 4.84. The van der Waals surface area contributed by atoms with Gasteiger partial charge in [0, 0.05) is 33.4 Å². The summed E-state index contributed by atoms with van der Waals surface area (Å²) in [6.45, 7) is 2.19. The van der Waals surface area contributed by atoms with Crippen LogP contribution < -0.4 is 10.6 Å². The van der Waals surface area contributed by atoms with Gasteiger partial charge < -0.3 is 15.4 Å². The van der Waals surface area contributed by atoms with E-state index in [0.717, 1.165) is 31.2 Å². The van der Waals surface area contributed by atoms with Crippen molar-refractivity contribution in [2.45, 2.75) is 6.42 Å². The summed E-state index contributed by atoms with van der Waals surface area (Å²) in [4.78, 5) is 4.16. The van der Waals surface area contributed by atoms with E-state index < -0.39 is 0 Å². The molecule has 2 N–H and O–H groups in total. The zero-order valence-electron chi connectivity index (χ0n) is 13.5. The Morgan fingerprint density at radius 1 is 1.22 bits per heavy atom. The van der Waals surface area contributed by atoms with Crippen molar-refractivity contribution in [2.75, 3.05) is 33.9 Å². The van der Waals surface area contributed by atoms with Gasteiger partial charge in [-0.3, -0.25) is 4.99 Å². The van der Waals surface area contributed by atoms with Gasteiger partial charge in [0.05, 0.1) is 18.5 Å². The third-order valence-electron chi connectivity index (χ3n) is 3.19. The predicted octanol–water partition coefficient (Wildman–Crippen LogP) is 1.84. The summed E-state index contributed by atoms with van der Waals surface area (Å²) in [5.41, 5.74) is 2.25. The van der Waals surface area contributed by atoms with Crippen molar-refractivity contribution in [3.63, 3.8) is 0 Å². The Labute approximate surface area is 154 Å². The third kappa shape index (κ3) is 6.57. The van der Waals surface area contributed by atoms with E-state index in [4.69, 9.17) is 4.74 Å². The number of ether oxygens (including phenoxy) is 1. The smallest absolute Gasteiger partial charge is 0.191 e. The van der Waals surface area contributed by atoms with Gasteiger partial charge in [-0.05, 0) is 24.1 Å². The van der Waals surface area contributed by atoms with Crippen molar-refractivity contribution < 1.29 is 4.74 Å². The number of aliphatic imine (C=N–C) groups is 1. The fourth-order valence-electron chi connectivity index (χ4n) is 2.03. The number of nitrogens with zero attached hydrogens (tertiary/aromatic N) is 3. The Kier molecular flexibility index (Phi) is 9.30. The molecule has 0 fully saturated rings. The molecule has 0 radical (unpaired) electrons. The molecule has 0 saturated heterocycles. The summed E-state index contributed by atoms with van der Waals surface area (Å²) in [7, 11) is 3.44. The lowest BCUT2D eigenvalue weighted by atomic mass is 10.2. The minimum absolute atomic E-state index is 0. The molecule has 1 heterocycles. The maximum atomic E-state index is 5.00. The zero-order valence-corrected chi connectivity index (χ0v) is 15.9. The fraction of sp³-hybridized carbons (Fsp3) is 0.375. The second-order valence-corrected chi connectivity index (χ2v) is 4.80. The highest BCUT2D eigenvalue weighted by Crippen LogP contribution is 2.07. The van der Waals surface area contributed by atoms with E-state index in [2.05, 4.69) is 26.9 Å². The summed E-state index contributed by atoms with van der Waals surface area (Å²) in [5.74, 6) is 0.785. The van der Waals surface area contributed by atoms with E-state index in [-0.39, 0.29) is 24.0 Å². The first kappa shape index (κ1) is 19.4. The minimum Gasteiger partial charge on any atom is -0.383 e. The molecule has 0 atom stereocenters. The van der Waals surface area contributed by atoms with Gasteiger partial charge in [-0.15, -0.1) is 24.0 Å². The van der Waals surface area contributed by atoms with Crippen LogP contribution in [0.5, 0.6) is 0 Å². The molecule has 6 nitrogen and oxygen atoms in total. The molecule has 0 unspecified atom stereocenters. The number of para-hydroxylation sites is 1. The Bertz CT molecular complexity index is 585.